The van der Waals surface area contributed by atoms with Gasteiger partial charge >= 0.3 is 0 Å². The molecule has 0 bridgehead atoms. The van der Waals surface area contributed by atoms with Crippen LogP contribution in [-0.4, -0.2) is 16.5 Å². The molecule has 1 unspecified atom stereocenters. The van der Waals surface area contributed by atoms with E-state index in [2.05, 4.69) is 29.1 Å². The van der Waals surface area contributed by atoms with Crippen LogP contribution >= 0.6 is 0 Å². The molecule has 1 heterocycles. The highest BCUT2D eigenvalue weighted by Gasteiger charge is 1.98. The molecule has 1 rings (SSSR count). The van der Waals surface area contributed by atoms with Gasteiger partial charge in [0.05, 0.1) is 6.54 Å². The largest absolute Gasteiger partial charge is 0.310 e. The first-order valence-corrected chi connectivity index (χ1v) is 4.79. The van der Waals surface area contributed by atoms with E-state index in [4.69, 9.17) is 0 Å². The molecule has 1 atom stereocenters. The molecule has 1 aromatic heterocycles. The summed E-state index contributed by atoms with van der Waals surface area (Å²) in [5, 5.41) is 3.33. The first-order chi connectivity index (χ1) is 6.33. The van der Waals surface area contributed by atoms with E-state index in [1.165, 1.54) is 6.42 Å². The van der Waals surface area contributed by atoms with Crippen molar-refractivity contribution in [1.29, 1.82) is 0 Å². The van der Waals surface area contributed by atoms with E-state index in [0.29, 0.717) is 0 Å². The first kappa shape index (κ1) is 10.1. The van der Waals surface area contributed by atoms with Crippen molar-refractivity contribution >= 4 is 0 Å². The Morgan fingerprint density at radius 3 is 2.69 bits per heavy atom. The second-order valence-corrected chi connectivity index (χ2v) is 3.31. The van der Waals surface area contributed by atoms with Gasteiger partial charge in [0, 0.05) is 12.4 Å². The highest BCUT2D eigenvalue weighted by molar-refractivity contribution is 4.87. The summed E-state index contributed by atoms with van der Waals surface area (Å²) in [6.07, 6.45) is 4.75. The maximum Gasteiger partial charge on any atom is 0.141 e. The summed E-state index contributed by atoms with van der Waals surface area (Å²) in [5.74, 6) is 1.59. The van der Waals surface area contributed by atoms with Crippen molar-refractivity contribution in [3.05, 3.63) is 24.3 Å². The Labute approximate surface area is 79.6 Å². The lowest BCUT2D eigenvalue weighted by Crippen LogP contribution is -2.21. The molecule has 0 amide bonds. The van der Waals surface area contributed by atoms with Crippen molar-refractivity contribution in [1.82, 2.24) is 15.3 Å². The van der Waals surface area contributed by atoms with Crippen LogP contribution in [0, 0.1) is 5.92 Å². The zero-order valence-corrected chi connectivity index (χ0v) is 8.33. The fraction of sp³-hybridized carbons (Fsp3) is 0.600. The Hall–Kier alpha value is -0.960. The van der Waals surface area contributed by atoms with Gasteiger partial charge in [-0.2, -0.15) is 0 Å². The molecule has 0 saturated heterocycles. The van der Waals surface area contributed by atoms with Crippen molar-refractivity contribution in [2.45, 2.75) is 26.8 Å². The van der Waals surface area contributed by atoms with E-state index >= 15 is 0 Å². The Morgan fingerprint density at radius 1 is 1.38 bits per heavy atom. The van der Waals surface area contributed by atoms with Crippen LogP contribution in [0.3, 0.4) is 0 Å². The Balaban J connectivity index is 2.20. The second-order valence-electron chi connectivity index (χ2n) is 3.31. The van der Waals surface area contributed by atoms with Crippen molar-refractivity contribution in [3.8, 4) is 0 Å². The number of hydrogen-bond donors (Lipinski definition) is 1. The number of hydrogen-bond acceptors (Lipinski definition) is 3. The standard InChI is InChI=1S/C10H17N3/c1-3-9(2)7-11-8-10-12-5-4-6-13-10/h4-6,9,11H,3,7-8H2,1-2H3. The quantitative estimate of drug-likeness (QED) is 0.746. The van der Waals surface area contributed by atoms with Crippen LogP contribution in [0.2, 0.25) is 0 Å². The van der Waals surface area contributed by atoms with E-state index in [1.807, 2.05) is 6.07 Å². The third kappa shape index (κ3) is 3.99. The molecule has 0 aliphatic rings. The van der Waals surface area contributed by atoms with Crippen LogP contribution in [0.25, 0.3) is 0 Å². The molecule has 3 nitrogen and oxygen atoms in total. The predicted octanol–water partition coefficient (Wildman–Crippen LogP) is 1.61. The third-order valence-corrected chi connectivity index (χ3v) is 2.09. The monoisotopic (exact) mass is 179 g/mol. The average Bonchev–Trinajstić information content (AvgIpc) is 2.19. The zero-order valence-electron chi connectivity index (χ0n) is 8.33. The third-order valence-electron chi connectivity index (χ3n) is 2.09. The number of aromatic nitrogens is 2. The lowest BCUT2D eigenvalue weighted by molar-refractivity contribution is 0.494. The fourth-order valence-electron chi connectivity index (χ4n) is 0.996. The Morgan fingerprint density at radius 2 is 2.08 bits per heavy atom. The van der Waals surface area contributed by atoms with Crippen LogP contribution in [-0.2, 0) is 6.54 Å². The molecular weight excluding hydrogens is 162 g/mol. The summed E-state index contributed by atoms with van der Waals surface area (Å²) in [5.41, 5.74) is 0. The van der Waals surface area contributed by atoms with Gasteiger partial charge in [0.2, 0.25) is 0 Å². The Bertz CT molecular complexity index is 223. The second kappa shape index (κ2) is 5.65. The van der Waals surface area contributed by atoms with E-state index < -0.39 is 0 Å². The van der Waals surface area contributed by atoms with Crippen molar-refractivity contribution in [2.24, 2.45) is 5.92 Å². The molecular formula is C10H17N3. The molecule has 0 saturated carbocycles. The average molecular weight is 179 g/mol. The van der Waals surface area contributed by atoms with E-state index in [0.717, 1.165) is 24.8 Å². The summed E-state index contributed by atoms with van der Waals surface area (Å²) in [7, 11) is 0. The maximum absolute atomic E-state index is 4.13. The topological polar surface area (TPSA) is 37.8 Å². The van der Waals surface area contributed by atoms with Gasteiger partial charge in [-0.05, 0) is 18.5 Å². The van der Waals surface area contributed by atoms with Gasteiger partial charge < -0.3 is 5.32 Å². The van der Waals surface area contributed by atoms with Gasteiger partial charge in [0.1, 0.15) is 5.82 Å². The first-order valence-electron chi connectivity index (χ1n) is 4.79. The van der Waals surface area contributed by atoms with Crippen LogP contribution in [0.4, 0.5) is 0 Å². The minimum Gasteiger partial charge on any atom is -0.310 e. The maximum atomic E-state index is 4.13. The van der Waals surface area contributed by atoms with Crippen molar-refractivity contribution in [2.75, 3.05) is 6.54 Å². The molecule has 0 radical (unpaired) electrons. The highest BCUT2D eigenvalue weighted by Crippen LogP contribution is 1.97. The van der Waals surface area contributed by atoms with E-state index in [9.17, 15) is 0 Å². The van der Waals surface area contributed by atoms with E-state index in [-0.39, 0.29) is 0 Å². The molecule has 3 heteroatoms. The number of rotatable bonds is 5. The molecule has 0 aliphatic heterocycles. The van der Waals surface area contributed by atoms with Gasteiger partial charge in [-0.25, -0.2) is 9.97 Å². The normalized spacial score (nSPS) is 12.8. The summed E-state index contributed by atoms with van der Waals surface area (Å²) < 4.78 is 0. The SMILES string of the molecule is CCC(C)CNCc1ncccn1. The predicted molar refractivity (Wildman–Crippen MR) is 53.2 cm³/mol. The molecule has 1 N–H and O–H groups in total. The van der Waals surface area contributed by atoms with E-state index in [1.54, 1.807) is 12.4 Å². The van der Waals surface area contributed by atoms with Gasteiger partial charge in [0.15, 0.2) is 0 Å². The minimum atomic E-state index is 0.726. The molecule has 0 aliphatic carbocycles. The molecule has 0 aromatic carbocycles. The van der Waals surface area contributed by atoms with Gasteiger partial charge in [-0.3, -0.25) is 0 Å². The molecule has 0 spiro atoms. The summed E-state index contributed by atoms with van der Waals surface area (Å²) >= 11 is 0. The summed E-state index contributed by atoms with van der Waals surface area (Å²) in [6.45, 7) is 6.24. The van der Waals surface area contributed by atoms with Crippen LogP contribution in [0.5, 0.6) is 0 Å². The summed E-state index contributed by atoms with van der Waals surface area (Å²) in [6, 6.07) is 1.83. The van der Waals surface area contributed by atoms with Crippen LogP contribution < -0.4 is 5.32 Å². The number of nitrogens with one attached hydrogen (secondary N) is 1. The lowest BCUT2D eigenvalue weighted by atomic mass is 10.1. The zero-order chi connectivity index (χ0) is 9.52. The minimum absolute atomic E-state index is 0.726. The Kier molecular flexibility index (Phi) is 4.40. The molecule has 0 fully saturated rings. The number of nitrogens with zero attached hydrogens (tertiary/aromatic N) is 2. The van der Waals surface area contributed by atoms with Crippen LogP contribution in [0.15, 0.2) is 18.5 Å². The van der Waals surface area contributed by atoms with Gasteiger partial charge in [0.25, 0.3) is 0 Å². The lowest BCUT2D eigenvalue weighted by Gasteiger charge is -2.08. The van der Waals surface area contributed by atoms with Gasteiger partial charge in [-0.1, -0.05) is 20.3 Å². The van der Waals surface area contributed by atoms with Crippen molar-refractivity contribution in [3.63, 3.8) is 0 Å². The molecule has 13 heavy (non-hydrogen) atoms. The fourth-order valence-corrected chi connectivity index (χ4v) is 0.996. The van der Waals surface area contributed by atoms with Crippen molar-refractivity contribution < 1.29 is 0 Å². The highest BCUT2D eigenvalue weighted by atomic mass is 15.0. The molecule has 1 aromatic rings. The smallest absolute Gasteiger partial charge is 0.141 e. The van der Waals surface area contributed by atoms with Crippen LogP contribution in [0.1, 0.15) is 26.1 Å². The summed E-state index contributed by atoms with van der Waals surface area (Å²) in [4.78, 5) is 8.26. The molecule has 72 valence electrons. The van der Waals surface area contributed by atoms with Gasteiger partial charge in [-0.15, -0.1) is 0 Å².